The van der Waals surface area contributed by atoms with Crippen LogP contribution in [0.5, 0.6) is 0 Å². The molecule has 2 N–H and O–H groups in total. The molecule has 2 rings (SSSR count). The zero-order valence-electron chi connectivity index (χ0n) is 9.77. The van der Waals surface area contributed by atoms with Crippen molar-refractivity contribution >= 4 is 5.69 Å². The monoisotopic (exact) mass is 293 g/mol. The predicted octanol–water partition coefficient (Wildman–Crippen LogP) is 1.96. The second-order valence-electron chi connectivity index (χ2n) is 3.96. The molecule has 0 saturated carbocycles. The molecule has 20 heavy (non-hydrogen) atoms. The van der Waals surface area contributed by atoms with Crippen molar-refractivity contribution in [3.63, 3.8) is 0 Å². The molecule has 0 amide bonds. The van der Waals surface area contributed by atoms with Crippen molar-refractivity contribution in [2.45, 2.75) is 18.9 Å². The fraction of sp³-hybridized carbons (Fsp3) is 0.300. The van der Waals surface area contributed by atoms with Crippen molar-refractivity contribution in [3.05, 3.63) is 24.0 Å². The van der Waals surface area contributed by atoms with Crippen molar-refractivity contribution in [1.29, 1.82) is 0 Å². The van der Waals surface area contributed by atoms with Crippen molar-refractivity contribution in [2.75, 3.05) is 5.73 Å². The maximum absolute atomic E-state index is 13.0. The first-order valence-electron chi connectivity index (χ1n) is 5.29. The van der Waals surface area contributed by atoms with Gasteiger partial charge in [0.2, 0.25) is 0 Å². The summed E-state index contributed by atoms with van der Waals surface area (Å²) in [5.41, 5.74) is 5.23. The van der Waals surface area contributed by atoms with Crippen LogP contribution in [0, 0.1) is 5.82 Å². The number of rotatable bonds is 4. The highest BCUT2D eigenvalue weighted by Crippen LogP contribution is 2.27. The smallest absolute Gasteiger partial charge is 0.326 e. The van der Waals surface area contributed by atoms with Gasteiger partial charge in [0, 0.05) is 5.56 Å². The molecule has 2 aromatic rings. The van der Waals surface area contributed by atoms with Crippen LogP contribution in [0.2, 0.25) is 0 Å². The van der Waals surface area contributed by atoms with Crippen LogP contribution in [0.1, 0.15) is 0 Å². The van der Waals surface area contributed by atoms with Crippen LogP contribution in [-0.2, 0) is 6.54 Å². The third-order valence-corrected chi connectivity index (χ3v) is 2.47. The number of benzene rings is 1. The Morgan fingerprint density at radius 1 is 1.30 bits per heavy atom. The summed E-state index contributed by atoms with van der Waals surface area (Å²) in [5, 5.41) is 9.81. The lowest BCUT2D eigenvalue weighted by Gasteiger charge is -2.15. The molecule has 1 aromatic heterocycles. The Labute approximate surface area is 109 Å². The molecule has 0 saturated heterocycles. The summed E-state index contributed by atoms with van der Waals surface area (Å²) in [7, 11) is 0. The normalized spacial score (nSPS) is 12.1. The van der Waals surface area contributed by atoms with Gasteiger partial charge in [0.25, 0.3) is 0 Å². The summed E-state index contributed by atoms with van der Waals surface area (Å²) in [4.78, 5) is 0. The fourth-order valence-corrected chi connectivity index (χ4v) is 1.47. The third-order valence-electron chi connectivity index (χ3n) is 2.47. The van der Waals surface area contributed by atoms with Crippen LogP contribution in [0.15, 0.2) is 18.2 Å². The topological polar surface area (TPSA) is 69.6 Å². The molecule has 0 spiro atoms. The molecule has 5 nitrogen and oxygen atoms in total. The van der Waals surface area contributed by atoms with E-state index in [1.807, 2.05) is 0 Å². The van der Waals surface area contributed by atoms with Crippen LogP contribution in [0.25, 0.3) is 11.4 Å². The van der Waals surface area contributed by atoms with Gasteiger partial charge in [-0.2, -0.15) is 8.78 Å². The summed E-state index contributed by atoms with van der Waals surface area (Å²) in [6.45, 7) is -1.40. The molecule has 0 aliphatic carbocycles. The maximum atomic E-state index is 13.0. The highest BCUT2D eigenvalue weighted by Gasteiger charge is 2.42. The molecule has 0 radical (unpaired) electrons. The van der Waals surface area contributed by atoms with Gasteiger partial charge in [-0.05, 0) is 28.6 Å². The van der Waals surface area contributed by atoms with E-state index in [-0.39, 0.29) is 17.1 Å². The van der Waals surface area contributed by atoms with E-state index in [2.05, 4.69) is 15.5 Å². The van der Waals surface area contributed by atoms with E-state index in [1.165, 1.54) is 6.07 Å². The molecular formula is C10H8F5N5. The van der Waals surface area contributed by atoms with Crippen molar-refractivity contribution < 1.29 is 22.0 Å². The molecule has 0 atom stereocenters. The van der Waals surface area contributed by atoms with Gasteiger partial charge >= 0.3 is 12.3 Å². The third kappa shape index (κ3) is 2.68. The first-order chi connectivity index (χ1) is 9.31. The Balaban J connectivity index is 2.35. The lowest BCUT2D eigenvalue weighted by molar-refractivity contribution is -0.139. The highest BCUT2D eigenvalue weighted by atomic mass is 19.3. The Kier molecular flexibility index (Phi) is 3.55. The van der Waals surface area contributed by atoms with E-state index in [9.17, 15) is 22.0 Å². The quantitative estimate of drug-likeness (QED) is 0.691. The zero-order chi connectivity index (χ0) is 14.9. The number of nitrogen functional groups attached to an aromatic ring is 1. The molecule has 10 heteroatoms. The highest BCUT2D eigenvalue weighted by molar-refractivity contribution is 5.61. The average molecular weight is 293 g/mol. The number of tetrazole rings is 1. The number of alkyl halides is 4. The van der Waals surface area contributed by atoms with Gasteiger partial charge in [-0.15, -0.1) is 5.10 Å². The molecule has 0 fully saturated rings. The van der Waals surface area contributed by atoms with E-state index in [4.69, 9.17) is 5.73 Å². The molecular weight excluding hydrogens is 285 g/mol. The number of anilines is 1. The number of halogens is 5. The first-order valence-corrected chi connectivity index (χ1v) is 5.29. The van der Waals surface area contributed by atoms with Gasteiger partial charge in [0.15, 0.2) is 5.82 Å². The van der Waals surface area contributed by atoms with Crippen molar-refractivity contribution in [2.24, 2.45) is 0 Å². The number of nitrogens with two attached hydrogens (primary N) is 1. The van der Waals surface area contributed by atoms with Crippen LogP contribution in [0.4, 0.5) is 27.6 Å². The minimum Gasteiger partial charge on any atom is -0.396 e. The van der Waals surface area contributed by atoms with E-state index >= 15 is 0 Å². The van der Waals surface area contributed by atoms with Crippen LogP contribution in [0.3, 0.4) is 0 Å². The SMILES string of the molecule is Nc1cc(-c2nnnn2CC(F)(F)C(F)F)ccc1F. The van der Waals surface area contributed by atoms with Crippen molar-refractivity contribution in [3.8, 4) is 11.4 Å². The van der Waals surface area contributed by atoms with E-state index in [0.29, 0.717) is 4.68 Å². The number of nitrogens with zero attached hydrogens (tertiary/aromatic N) is 4. The summed E-state index contributed by atoms with van der Waals surface area (Å²) >= 11 is 0. The average Bonchev–Trinajstić information content (AvgIpc) is 2.80. The molecule has 0 bridgehead atoms. The number of aromatic nitrogens is 4. The summed E-state index contributed by atoms with van der Waals surface area (Å²) in [6.07, 6.45) is -3.85. The minimum atomic E-state index is -4.28. The second kappa shape index (κ2) is 5.02. The Morgan fingerprint density at radius 3 is 2.60 bits per heavy atom. The van der Waals surface area contributed by atoms with E-state index < -0.39 is 24.7 Å². The van der Waals surface area contributed by atoms with Gasteiger partial charge in [-0.25, -0.2) is 17.9 Å². The molecule has 0 unspecified atom stereocenters. The van der Waals surface area contributed by atoms with Crippen LogP contribution >= 0.6 is 0 Å². The molecule has 1 aromatic carbocycles. The predicted molar refractivity (Wildman–Crippen MR) is 58.6 cm³/mol. The van der Waals surface area contributed by atoms with Gasteiger partial charge in [-0.3, -0.25) is 0 Å². The zero-order valence-corrected chi connectivity index (χ0v) is 9.77. The van der Waals surface area contributed by atoms with Crippen molar-refractivity contribution in [1.82, 2.24) is 20.2 Å². The second-order valence-corrected chi connectivity index (χ2v) is 3.96. The molecule has 0 aliphatic rings. The Hall–Kier alpha value is -2.26. The molecule has 0 aliphatic heterocycles. The summed E-state index contributed by atoms with van der Waals surface area (Å²) in [5.74, 6) is -5.20. The van der Waals surface area contributed by atoms with Gasteiger partial charge < -0.3 is 5.73 Å². The fourth-order valence-electron chi connectivity index (χ4n) is 1.47. The lowest BCUT2D eigenvalue weighted by Crippen LogP contribution is -2.32. The van der Waals surface area contributed by atoms with Gasteiger partial charge in [-0.1, -0.05) is 0 Å². The maximum Gasteiger partial charge on any atom is 0.326 e. The number of hydrogen-bond acceptors (Lipinski definition) is 4. The van der Waals surface area contributed by atoms with E-state index in [0.717, 1.165) is 12.1 Å². The molecule has 1 heterocycles. The molecule has 108 valence electrons. The standard InChI is InChI=1S/C10H8F5N5/c11-6-2-1-5(3-7(6)16)8-17-18-19-20(8)4-10(14,15)9(12)13/h1-3,9H,4,16H2. The Bertz CT molecular complexity index is 612. The Morgan fingerprint density at radius 2 is 2.00 bits per heavy atom. The summed E-state index contributed by atoms with van der Waals surface area (Å²) < 4.78 is 63.8. The minimum absolute atomic E-state index is 0.138. The number of hydrogen-bond donors (Lipinski definition) is 1. The largest absolute Gasteiger partial charge is 0.396 e. The van der Waals surface area contributed by atoms with Gasteiger partial charge in [0.1, 0.15) is 12.4 Å². The van der Waals surface area contributed by atoms with Crippen LogP contribution in [-0.4, -0.2) is 32.6 Å². The first kappa shape index (κ1) is 14.2. The van der Waals surface area contributed by atoms with Crippen LogP contribution < -0.4 is 5.73 Å². The summed E-state index contributed by atoms with van der Waals surface area (Å²) in [6, 6.07) is 3.32. The van der Waals surface area contributed by atoms with Gasteiger partial charge in [0.05, 0.1) is 5.69 Å². The van der Waals surface area contributed by atoms with E-state index in [1.54, 1.807) is 0 Å². The lowest BCUT2D eigenvalue weighted by atomic mass is 10.2.